The van der Waals surface area contributed by atoms with Crippen LogP contribution >= 0.6 is 0 Å². The van der Waals surface area contributed by atoms with Gasteiger partial charge in [0.05, 0.1) is 5.92 Å². The average Bonchev–Trinajstić information content (AvgIpc) is 3.49. The minimum absolute atomic E-state index is 0.0247. The Kier molecular flexibility index (Phi) is 8.06. The van der Waals surface area contributed by atoms with Gasteiger partial charge in [0, 0.05) is 32.0 Å². The number of likely N-dealkylation sites (tertiary alicyclic amines) is 1. The molecule has 1 aliphatic carbocycles. The first-order valence-electron chi connectivity index (χ1n) is 12.6. The summed E-state index contributed by atoms with van der Waals surface area (Å²) in [7, 11) is 0. The quantitative estimate of drug-likeness (QED) is 0.518. The molecule has 0 saturated carbocycles. The Balaban J connectivity index is 1.19. The number of nitrogens with zero attached hydrogens (tertiary/aromatic N) is 1. The molecule has 2 aromatic carbocycles. The minimum Gasteiger partial charge on any atom is -0.481 e. The summed E-state index contributed by atoms with van der Waals surface area (Å²) in [4.78, 5) is 37.6. The summed E-state index contributed by atoms with van der Waals surface area (Å²) >= 11 is 0. The third-order valence-corrected chi connectivity index (χ3v) is 7.40. The molecule has 0 aromatic heterocycles. The van der Waals surface area contributed by atoms with Gasteiger partial charge in [-0.25, -0.2) is 4.79 Å². The van der Waals surface area contributed by atoms with Crippen LogP contribution in [0.25, 0.3) is 11.1 Å². The molecular formula is C28H34N2O5. The molecule has 0 radical (unpaired) electrons. The van der Waals surface area contributed by atoms with Crippen molar-refractivity contribution in [2.75, 3.05) is 26.2 Å². The number of nitrogens with one attached hydrogen (secondary N) is 1. The Hall–Kier alpha value is -3.35. The Morgan fingerprint density at radius 2 is 1.71 bits per heavy atom. The van der Waals surface area contributed by atoms with Crippen LogP contribution in [-0.2, 0) is 14.3 Å². The van der Waals surface area contributed by atoms with Crippen molar-refractivity contribution in [3.8, 4) is 11.1 Å². The topological polar surface area (TPSA) is 95.9 Å². The second kappa shape index (κ2) is 11.4. The molecular weight excluding hydrogens is 444 g/mol. The van der Waals surface area contributed by atoms with Gasteiger partial charge in [0.2, 0.25) is 5.91 Å². The Morgan fingerprint density at radius 1 is 1.06 bits per heavy atom. The van der Waals surface area contributed by atoms with Crippen LogP contribution in [0.3, 0.4) is 0 Å². The molecule has 35 heavy (non-hydrogen) atoms. The first kappa shape index (κ1) is 24.8. The molecule has 2 unspecified atom stereocenters. The predicted molar refractivity (Wildman–Crippen MR) is 133 cm³/mol. The number of carboxylic acid groups (broad SMARTS) is 1. The number of hydrogen-bond acceptors (Lipinski definition) is 4. The van der Waals surface area contributed by atoms with E-state index in [1.807, 2.05) is 24.3 Å². The van der Waals surface area contributed by atoms with E-state index < -0.39 is 18.0 Å². The van der Waals surface area contributed by atoms with E-state index >= 15 is 0 Å². The van der Waals surface area contributed by atoms with Gasteiger partial charge in [-0.2, -0.15) is 0 Å². The van der Waals surface area contributed by atoms with E-state index in [9.17, 15) is 14.4 Å². The number of benzene rings is 2. The molecule has 2 aliphatic rings. The SMILES string of the molecule is CCC(CCNC(=O)OCC1c2ccccc2-c2ccccc21)CCC(=O)N1CCC(C(=O)O)C1. The Bertz CT molecular complexity index is 1020. The smallest absolute Gasteiger partial charge is 0.407 e. The number of amides is 2. The molecule has 0 bridgehead atoms. The summed E-state index contributed by atoms with van der Waals surface area (Å²) in [6.07, 6.45) is 2.94. The largest absolute Gasteiger partial charge is 0.481 e. The van der Waals surface area contributed by atoms with Crippen molar-refractivity contribution in [1.29, 1.82) is 0 Å². The fourth-order valence-electron chi connectivity index (χ4n) is 5.25. The van der Waals surface area contributed by atoms with E-state index in [1.165, 1.54) is 22.3 Å². The molecule has 1 saturated heterocycles. The molecule has 7 heteroatoms. The van der Waals surface area contributed by atoms with E-state index in [2.05, 4.69) is 36.5 Å². The highest BCUT2D eigenvalue weighted by atomic mass is 16.5. The highest BCUT2D eigenvalue weighted by Crippen LogP contribution is 2.44. The highest BCUT2D eigenvalue weighted by Gasteiger charge is 2.31. The number of aliphatic carboxylic acids is 1. The molecule has 186 valence electrons. The van der Waals surface area contributed by atoms with Gasteiger partial charge < -0.3 is 20.1 Å². The zero-order valence-electron chi connectivity index (χ0n) is 20.2. The molecule has 2 atom stereocenters. The lowest BCUT2D eigenvalue weighted by molar-refractivity contribution is -0.141. The number of carbonyl (C=O) groups excluding carboxylic acids is 2. The zero-order valence-corrected chi connectivity index (χ0v) is 20.2. The van der Waals surface area contributed by atoms with Crippen molar-refractivity contribution in [2.45, 2.75) is 44.9 Å². The molecule has 7 nitrogen and oxygen atoms in total. The minimum atomic E-state index is -0.828. The van der Waals surface area contributed by atoms with Gasteiger partial charge in [0.15, 0.2) is 0 Å². The maximum atomic E-state index is 12.4. The van der Waals surface area contributed by atoms with Gasteiger partial charge >= 0.3 is 12.1 Å². The second-order valence-corrected chi connectivity index (χ2v) is 9.52. The maximum Gasteiger partial charge on any atom is 0.407 e. The molecule has 2 N–H and O–H groups in total. The first-order valence-corrected chi connectivity index (χ1v) is 12.6. The molecule has 2 amide bonds. The number of rotatable bonds is 10. The summed E-state index contributed by atoms with van der Waals surface area (Å²) in [5.41, 5.74) is 4.77. The zero-order chi connectivity index (χ0) is 24.8. The molecule has 2 aromatic rings. The monoisotopic (exact) mass is 478 g/mol. The first-order chi connectivity index (χ1) is 17.0. The van der Waals surface area contributed by atoms with Crippen LogP contribution in [0.4, 0.5) is 4.79 Å². The van der Waals surface area contributed by atoms with Crippen molar-refractivity contribution in [2.24, 2.45) is 11.8 Å². The van der Waals surface area contributed by atoms with Crippen LogP contribution in [0.2, 0.25) is 0 Å². The average molecular weight is 479 g/mol. The van der Waals surface area contributed by atoms with Gasteiger partial charge in [-0.05, 0) is 47.4 Å². The highest BCUT2D eigenvalue weighted by molar-refractivity contribution is 5.79. The van der Waals surface area contributed by atoms with Crippen LogP contribution in [0.5, 0.6) is 0 Å². The lowest BCUT2D eigenvalue weighted by atomic mass is 9.96. The fourth-order valence-corrected chi connectivity index (χ4v) is 5.25. The van der Waals surface area contributed by atoms with E-state index in [0.29, 0.717) is 45.0 Å². The summed E-state index contributed by atoms with van der Waals surface area (Å²) in [6.45, 7) is 3.70. The van der Waals surface area contributed by atoms with Crippen molar-refractivity contribution in [1.82, 2.24) is 10.2 Å². The number of carbonyl (C=O) groups is 3. The third kappa shape index (κ3) is 5.84. The van der Waals surface area contributed by atoms with E-state index in [-0.39, 0.29) is 11.8 Å². The maximum absolute atomic E-state index is 12.4. The summed E-state index contributed by atoms with van der Waals surface area (Å²) in [5.74, 6) is -0.898. The molecule has 4 rings (SSSR count). The van der Waals surface area contributed by atoms with Crippen molar-refractivity contribution in [3.63, 3.8) is 0 Å². The predicted octanol–water partition coefficient (Wildman–Crippen LogP) is 4.65. The molecule has 1 aliphatic heterocycles. The summed E-state index contributed by atoms with van der Waals surface area (Å²) < 4.78 is 5.59. The number of fused-ring (bicyclic) bond motifs is 3. The number of ether oxygens (including phenoxy) is 1. The molecule has 1 fully saturated rings. The Labute approximate surface area is 206 Å². The van der Waals surface area contributed by atoms with Crippen molar-refractivity contribution in [3.05, 3.63) is 59.7 Å². The summed E-state index contributed by atoms with van der Waals surface area (Å²) in [6, 6.07) is 16.5. The number of alkyl carbamates (subject to hydrolysis) is 1. The standard InChI is InChI=1S/C28H34N2O5/c1-2-19(11-12-26(31)30-16-14-20(17-30)27(32)33)13-15-29-28(34)35-18-25-23-9-5-3-7-21(23)22-8-4-6-10-24(22)25/h3-10,19-20,25H,2,11-18H2,1H3,(H,29,34)(H,32,33). The van der Waals surface area contributed by atoms with Gasteiger partial charge in [0.1, 0.15) is 6.61 Å². The molecule has 0 spiro atoms. The van der Waals surface area contributed by atoms with E-state index in [4.69, 9.17) is 9.84 Å². The van der Waals surface area contributed by atoms with Gasteiger partial charge in [-0.1, -0.05) is 61.9 Å². The second-order valence-electron chi connectivity index (χ2n) is 9.52. The van der Waals surface area contributed by atoms with Gasteiger partial charge in [0.25, 0.3) is 0 Å². The van der Waals surface area contributed by atoms with Gasteiger partial charge in [-0.3, -0.25) is 9.59 Å². The van der Waals surface area contributed by atoms with Crippen LogP contribution in [-0.4, -0.2) is 54.2 Å². The lowest BCUT2D eigenvalue weighted by Gasteiger charge is -2.19. The number of hydrogen-bond donors (Lipinski definition) is 2. The van der Waals surface area contributed by atoms with Crippen molar-refractivity contribution < 1.29 is 24.2 Å². The Morgan fingerprint density at radius 3 is 2.31 bits per heavy atom. The van der Waals surface area contributed by atoms with Crippen LogP contribution in [0.15, 0.2) is 48.5 Å². The van der Waals surface area contributed by atoms with E-state index in [0.717, 1.165) is 19.3 Å². The molecule has 1 heterocycles. The van der Waals surface area contributed by atoms with E-state index in [1.54, 1.807) is 4.90 Å². The lowest BCUT2D eigenvalue weighted by Crippen LogP contribution is -2.30. The third-order valence-electron chi connectivity index (χ3n) is 7.40. The van der Waals surface area contributed by atoms with Crippen LogP contribution in [0.1, 0.15) is 56.1 Å². The van der Waals surface area contributed by atoms with Crippen molar-refractivity contribution >= 4 is 18.0 Å². The fraction of sp³-hybridized carbons (Fsp3) is 0.464. The normalized spacial score (nSPS) is 17.5. The van der Waals surface area contributed by atoms with Gasteiger partial charge in [-0.15, -0.1) is 0 Å². The number of carboxylic acids is 1. The van der Waals surface area contributed by atoms with Crippen LogP contribution < -0.4 is 5.32 Å². The van der Waals surface area contributed by atoms with Crippen LogP contribution in [0, 0.1) is 11.8 Å². The summed E-state index contributed by atoms with van der Waals surface area (Å²) in [5, 5.41) is 12.0.